The Bertz CT molecular complexity index is 217. The number of hydrogen-bond donors (Lipinski definition) is 0. The highest BCUT2D eigenvalue weighted by Crippen LogP contribution is 2.37. The van der Waals surface area contributed by atoms with Gasteiger partial charge < -0.3 is 9.64 Å². The second-order valence-electron chi connectivity index (χ2n) is 4.51. The zero-order valence-corrected chi connectivity index (χ0v) is 8.87. The van der Waals surface area contributed by atoms with Gasteiger partial charge in [0.25, 0.3) is 0 Å². The van der Waals surface area contributed by atoms with Gasteiger partial charge in [-0.25, -0.2) is 0 Å². The van der Waals surface area contributed by atoms with Crippen LogP contribution in [0.4, 0.5) is 0 Å². The SMILES string of the molecule is COC(=O)CCCN1CC2CCC1C2. The predicted octanol–water partition coefficient (Wildman–Crippen LogP) is 1.42. The maximum atomic E-state index is 10.9. The molecule has 0 aromatic carbocycles. The first kappa shape index (κ1) is 9.97. The van der Waals surface area contributed by atoms with Crippen LogP contribution in [-0.2, 0) is 9.53 Å². The third kappa shape index (κ3) is 2.08. The van der Waals surface area contributed by atoms with E-state index >= 15 is 0 Å². The van der Waals surface area contributed by atoms with Gasteiger partial charge in [-0.2, -0.15) is 0 Å². The van der Waals surface area contributed by atoms with Gasteiger partial charge in [-0.15, -0.1) is 0 Å². The lowest BCUT2D eigenvalue weighted by atomic mass is 10.1. The lowest BCUT2D eigenvalue weighted by Crippen LogP contribution is -2.33. The molecule has 0 N–H and O–H groups in total. The highest BCUT2D eigenvalue weighted by atomic mass is 16.5. The summed E-state index contributed by atoms with van der Waals surface area (Å²) in [6, 6.07) is 0.831. The highest BCUT2D eigenvalue weighted by molar-refractivity contribution is 5.69. The molecule has 1 heterocycles. The summed E-state index contributed by atoms with van der Waals surface area (Å²) in [6.07, 6.45) is 5.74. The van der Waals surface area contributed by atoms with E-state index in [1.54, 1.807) is 0 Å². The van der Waals surface area contributed by atoms with Crippen molar-refractivity contribution in [1.82, 2.24) is 4.90 Å². The number of rotatable bonds is 4. The molecule has 2 rings (SSSR count). The van der Waals surface area contributed by atoms with Crippen LogP contribution < -0.4 is 0 Å². The van der Waals surface area contributed by atoms with E-state index in [-0.39, 0.29) is 5.97 Å². The van der Waals surface area contributed by atoms with Gasteiger partial charge in [-0.1, -0.05) is 0 Å². The summed E-state index contributed by atoms with van der Waals surface area (Å²) in [4.78, 5) is 13.5. The largest absolute Gasteiger partial charge is 0.469 e. The zero-order valence-electron chi connectivity index (χ0n) is 8.87. The average molecular weight is 197 g/mol. The number of esters is 1. The molecule has 3 heteroatoms. The molecule has 2 aliphatic rings. The minimum Gasteiger partial charge on any atom is -0.469 e. The number of nitrogens with zero attached hydrogens (tertiary/aromatic N) is 1. The Morgan fingerprint density at radius 1 is 1.50 bits per heavy atom. The first-order valence-electron chi connectivity index (χ1n) is 5.60. The molecule has 2 atom stereocenters. The second-order valence-corrected chi connectivity index (χ2v) is 4.51. The molecule has 0 aromatic heterocycles. The Hall–Kier alpha value is -0.570. The first-order valence-corrected chi connectivity index (χ1v) is 5.60. The van der Waals surface area contributed by atoms with E-state index < -0.39 is 0 Å². The van der Waals surface area contributed by atoms with E-state index in [0.29, 0.717) is 6.42 Å². The minimum atomic E-state index is -0.0747. The molecule has 14 heavy (non-hydrogen) atoms. The average Bonchev–Trinajstić information content (AvgIpc) is 2.79. The van der Waals surface area contributed by atoms with Crippen LogP contribution in [0.25, 0.3) is 0 Å². The second kappa shape index (κ2) is 4.30. The van der Waals surface area contributed by atoms with Crippen LogP contribution in [0.15, 0.2) is 0 Å². The van der Waals surface area contributed by atoms with Crippen molar-refractivity contribution in [1.29, 1.82) is 0 Å². The van der Waals surface area contributed by atoms with Crippen LogP contribution in [0, 0.1) is 5.92 Å². The quantitative estimate of drug-likeness (QED) is 0.638. The van der Waals surface area contributed by atoms with Crippen molar-refractivity contribution in [2.24, 2.45) is 5.92 Å². The molecule has 80 valence electrons. The van der Waals surface area contributed by atoms with Gasteiger partial charge in [-0.3, -0.25) is 4.79 Å². The number of methoxy groups -OCH3 is 1. The summed E-state index contributed by atoms with van der Waals surface area (Å²) in [6.45, 7) is 2.35. The Morgan fingerprint density at radius 2 is 2.36 bits per heavy atom. The van der Waals surface area contributed by atoms with Crippen LogP contribution >= 0.6 is 0 Å². The summed E-state index contributed by atoms with van der Waals surface area (Å²) in [7, 11) is 1.46. The van der Waals surface area contributed by atoms with Crippen molar-refractivity contribution in [3.8, 4) is 0 Å². The maximum absolute atomic E-state index is 10.9. The third-order valence-corrected chi connectivity index (χ3v) is 3.58. The molecule has 0 amide bonds. The van der Waals surface area contributed by atoms with Crippen molar-refractivity contribution in [3.05, 3.63) is 0 Å². The number of carbonyl (C=O) groups is 1. The zero-order chi connectivity index (χ0) is 9.97. The normalized spacial score (nSPS) is 30.9. The number of ether oxygens (including phenoxy) is 1. The van der Waals surface area contributed by atoms with Crippen LogP contribution in [0.5, 0.6) is 0 Å². The molecule has 0 aromatic rings. The Kier molecular flexibility index (Phi) is 3.06. The van der Waals surface area contributed by atoms with Gasteiger partial charge in [0, 0.05) is 19.0 Å². The Balaban J connectivity index is 1.64. The molecule has 1 saturated carbocycles. The number of carbonyl (C=O) groups excluding carboxylic acids is 1. The van der Waals surface area contributed by atoms with Crippen LogP contribution in [0.2, 0.25) is 0 Å². The molecule has 0 spiro atoms. The monoisotopic (exact) mass is 197 g/mol. The Labute approximate surface area is 85.4 Å². The lowest BCUT2D eigenvalue weighted by molar-refractivity contribution is -0.140. The molecule has 1 aliphatic carbocycles. The number of piperidine rings is 1. The Morgan fingerprint density at radius 3 is 2.93 bits per heavy atom. The predicted molar refractivity (Wildman–Crippen MR) is 54.0 cm³/mol. The molecular formula is C11H19NO2. The van der Waals surface area contributed by atoms with E-state index in [1.165, 1.54) is 32.9 Å². The summed E-state index contributed by atoms with van der Waals surface area (Å²) < 4.78 is 4.62. The van der Waals surface area contributed by atoms with Crippen molar-refractivity contribution in [3.63, 3.8) is 0 Å². The van der Waals surface area contributed by atoms with E-state index in [4.69, 9.17) is 0 Å². The van der Waals surface area contributed by atoms with E-state index in [1.807, 2.05) is 0 Å². The molecule has 2 bridgehead atoms. The fraction of sp³-hybridized carbons (Fsp3) is 0.909. The van der Waals surface area contributed by atoms with E-state index in [2.05, 4.69) is 9.64 Å². The van der Waals surface area contributed by atoms with E-state index in [9.17, 15) is 4.79 Å². The van der Waals surface area contributed by atoms with Crippen molar-refractivity contribution in [2.75, 3.05) is 20.2 Å². The molecule has 2 fully saturated rings. The van der Waals surface area contributed by atoms with Crippen molar-refractivity contribution >= 4 is 5.97 Å². The van der Waals surface area contributed by atoms with Gasteiger partial charge >= 0.3 is 5.97 Å². The third-order valence-electron chi connectivity index (χ3n) is 3.58. The molecule has 3 nitrogen and oxygen atoms in total. The van der Waals surface area contributed by atoms with Gasteiger partial charge in [-0.05, 0) is 38.1 Å². The van der Waals surface area contributed by atoms with E-state index in [0.717, 1.165) is 24.9 Å². The molecule has 1 saturated heterocycles. The van der Waals surface area contributed by atoms with Gasteiger partial charge in [0.1, 0.15) is 0 Å². The number of hydrogen-bond acceptors (Lipinski definition) is 3. The van der Waals surface area contributed by atoms with Crippen LogP contribution in [0.3, 0.4) is 0 Å². The smallest absolute Gasteiger partial charge is 0.305 e. The highest BCUT2D eigenvalue weighted by Gasteiger charge is 2.36. The molecule has 1 aliphatic heterocycles. The van der Waals surface area contributed by atoms with Gasteiger partial charge in [0.15, 0.2) is 0 Å². The topological polar surface area (TPSA) is 29.5 Å². The number of likely N-dealkylation sites (tertiary alicyclic amines) is 1. The van der Waals surface area contributed by atoms with Crippen LogP contribution in [-0.4, -0.2) is 37.1 Å². The summed E-state index contributed by atoms with van der Waals surface area (Å²) in [5, 5.41) is 0. The van der Waals surface area contributed by atoms with Crippen molar-refractivity contribution < 1.29 is 9.53 Å². The van der Waals surface area contributed by atoms with Gasteiger partial charge in [0.2, 0.25) is 0 Å². The lowest BCUT2D eigenvalue weighted by Gasteiger charge is -2.26. The molecular weight excluding hydrogens is 178 g/mol. The molecule has 2 unspecified atom stereocenters. The first-order chi connectivity index (χ1) is 6.79. The molecule has 0 radical (unpaired) electrons. The fourth-order valence-electron chi connectivity index (χ4n) is 2.83. The standard InChI is InChI=1S/C11H19NO2/c1-14-11(13)3-2-6-12-8-9-4-5-10(12)7-9/h9-10H,2-8H2,1H3. The minimum absolute atomic E-state index is 0.0747. The van der Waals surface area contributed by atoms with Crippen LogP contribution in [0.1, 0.15) is 32.1 Å². The summed E-state index contributed by atoms with van der Waals surface area (Å²) in [5.74, 6) is 0.882. The van der Waals surface area contributed by atoms with Gasteiger partial charge in [0.05, 0.1) is 7.11 Å². The summed E-state index contributed by atoms with van der Waals surface area (Å²) in [5.41, 5.74) is 0. The fourth-order valence-corrected chi connectivity index (χ4v) is 2.83. The van der Waals surface area contributed by atoms with Crippen molar-refractivity contribution in [2.45, 2.75) is 38.1 Å². The number of fused-ring (bicyclic) bond motifs is 2. The summed E-state index contributed by atoms with van der Waals surface area (Å²) >= 11 is 0. The maximum Gasteiger partial charge on any atom is 0.305 e.